The van der Waals surface area contributed by atoms with Crippen molar-refractivity contribution < 1.29 is 19.4 Å². The number of methoxy groups -OCH3 is 1. The molecule has 0 radical (unpaired) electrons. The normalized spacial score (nSPS) is 10.7. The molecule has 0 aliphatic carbocycles. The van der Waals surface area contributed by atoms with Crippen LogP contribution in [0.1, 0.15) is 15.9 Å². The number of halogens is 1. The van der Waals surface area contributed by atoms with Gasteiger partial charge < -0.3 is 15.2 Å². The fraction of sp³-hybridized carbons (Fsp3) is 0.0556. The second-order valence-electron chi connectivity index (χ2n) is 4.90. The van der Waals surface area contributed by atoms with Crippen molar-refractivity contribution in [3.05, 3.63) is 64.2 Å². The van der Waals surface area contributed by atoms with Crippen molar-refractivity contribution in [2.24, 2.45) is 0 Å². The van der Waals surface area contributed by atoms with Crippen LogP contribution in [0.2, 0.25) is 5.02 Å². The van der Waals surface area contributed by atoms with Crippen molar-refractivity contribution in [2.45, 2.75) is 0 Å². The van der Waals surface area contributed by atoms with Crippen LogP contribution in [0.4, 0.5) is 5.69 Å². The molecule has 2 N–H and O–H groups in total. The number of anilines is 1. The first-order chi connectivity index (χ1) is 11.9. The molecule has 0 aliphatic heterocycles. The van der Waals surface area contributed by atoms with Crippen LogP contribution in [0.5, 0.6) is 5.75 Å². The summed E-state index contributed by atoms with van der Waals surface area (Å²) >= 11 is 5.99. The lowest BCUT2D eigenvalue weighted by molar-refractivity contribution is -0.112. The number of carbonyl (C=O) groups excluding carboxylic acids is 1. The molecular formula is C18H13ClN2O4. The number of carbonyl (C=O) groups is 2. The minimum atomic E-state index is -1.05. The first-order valence-corrected chi connectivity index (χ1v) is 7.42. The second kappa shape index (κ2) is 7.99. The van der Waals surface area contributed by atoms with Crippen molar-refractivity contribution >= 4 is 35.2 Å². The summed E-state index contributed by atoms with van der Waals surface area (Å²) in [5.74, 6) is -1.19. The van der Waals surface area contributed by atoms with Crippen LogP contribution in [0.15, 0.2) is 48.0 Å². The maximum atomic E-state index is 12.2. The Hall–Kier alpha value is -3.30. The third-order valence-corrected chi connectivity index (χ3v) is 3.54. The Kier molecular flexibility index (Phi) is 5.77. The number of amides is 1. The monoisotopic (exact) mass is 356 g/mol. The van der Waals surface area contributed by atoms with Gasteiger partial charge in [0.25, 0.3) is 5.91 Å². The van der Waals surface area contributed by atoms with Gasteiger partial charge in [-0.1, -0.05) is 23.7 Å². The largest absolute Gasteiger partial charge is 0.495 e. The quantitative estimate of drug-likeness (QED) is 0.630. The molecule has 2 aromatic carbocycles. The highest BCUT2D eigenvalue weighted by Gasteiger charge is 2.11. The average Bonchev–Trinajstić information content (AvgIpc) is 2.60. The van der Waals surface area contributed by atoms with E-state index < -0.39 is 11.9 Å². The molecule has 0 bridgehead atoms. The summed E-state index contributed by atoms with van der Waals surface area (Å²) in [6.45, 7) is 0. The minimum Gasteiger partial charge on any atom is -0.495 e. The van der Waals surface area contributed by atoms with Crippen molar-refractivity contribution in [3.63, 3.8) is 0 Å². The molecule has 2 aromatic rings. The molecule has 0 aromatic heterocycles. The molecule has 0 unspecified atom stereocenters. The van der Waals surface area contributed by atoms with Gasteiger partial charge in [-0.15, -0.1) is 0 Å². The fourth-order valence-electron chi connectivity index (χ4n) is 1.98. The Morgan fingerprint density at radius 2 is 1.92 bits per heavy atom. The summed E-state index contributed by atoms with van der Waals surface area (Å²) in [6.07, 6.45) is 1.37. The summed E-state index contributed by atoms with van der Waals surface area (Å²) in [6, 6.07) is 12.3. The first kappa shape index (κ1) is 18.0. The number of nitrogens with one attached hydrogen (secondary N) is 1. The van der Waals surface area contributed by atoms with Crippen LogP contribution >= 0.6 is 11.6 Å². The van der Waals surface area contributed by atoms with Gasteiger partial charge in [0, 0.05) is 5.69 Å². The average molecular weight is 357 g/mol. The number of nitrogens with zero attached hydrogens (tertiary/aromatic N) is 1. The van der Waals surface area contributed by atoms with E-state index in [0.29, 0.717) is 22.0 Å². The number of ether oxygens (including phenoxy) is 1. The van der Waals surface area contributed by atoms with Crippen LogP contribution in [0, 0.1) is 11.3 Å². The molecule has 0 atom stereocenters. The van der Waals surface area contributed by atoms with Crippen molar-refractivity contribution in [1.29, 1.82) is 5.26 Å². The van der Waals surface area contributed by atoms with Gasteiger partial charge in [0.05, 0.1) is 17.7 Å². The van der Waals surface area contributed by atoms with Crippen LogP contribution in [0.3, 0.4) is 0 Å². The van der Waals surface area contributed by atoms with E-state index in [1.54, 1.807) is 12.1 Å². The van der Waals surface area contributed by atoms with Crippen LogP contribution in [0.25, 0.3) is 6.08 Å². The summed E-state index contributed by atoms with van der Waals surface area (Å²) in [5.41, 5.74) is 0.936. The van der Waals surface area contributed by atoms with Gasteiger partial charge in [0.1, 0.15) is 17.4 Å². The lowest BCUT2D eigenvalue weighted by Crippen LogP contribution is -2.13. The third kappa shape index (κ3) is 4.59. The number of benzene rings is 2. The van der Waals surface area contributed by atoms with Gasteiger partial charge >= 0.3 is 5.97 Å². The molecule has 0 saturated carbocycles. The SMILES string of the molecule is COc1ccc(NC(=O)/C(C#N)=C\c2ccc(C(=O)O)cc2)cc1Cl. The Morgan fingerprint density at radius 3 is 2.44 bits per heavy atom. The zero-order valence-corrected chi connectivity index (χ0v) is 13.9. The topological polar surface area (TPSA) is 99.4 Å². The number of hydrogen-bond acceptors (Lipinski definition) is 4. The number of carboxylic acids is 1. The molecule has 0 heterocycles. The molecule has 0 spiro atoms. The summed E-state index contributed by atoms with van der Waals surface area (Å²) in [7, 11) is 1.48. The zero-order valence-electron chi connectivity index (χ0n) is 13.1. The van der Waals surface area contributed by atoms with Gasteiger partial charge in [-0.2, -0.15) is 5.26 Å². The van der Waals surface area contributed by atoms with Crippen LogP contribution < -0.4 is 10.1 Å². The predicted molar refractivity (Wildman–Crippen MR) is 93.6 cm³/mol. The van der Waals surface area contributed by atoms with Gasteiger partial charge in [-0.3, -0.25) is 4.79 Å². The van der Waals surface area contributed by atoms with Gasteiger partial charge in [0.15, 0.2) is 0 Å². The number of rotatable bonds is 5. The molecule has 7 heteroatoms. The summed E-state index contributed by atoms with van der Waals surface area (Å²) in [5, 5.41) is 21.0. The Labute approximate surface area is 148 Å². The van der Waals surface area contributed by atoms with E-state index in [-0.39, 0.29) is 11.1 Å². The highest BCUT2D eigenvalue weighted by atomic mass is 35.5. The van der Waals surface area contributed by atoms with Crippen molar-refractivity contribution in [2.75, 3.05) is 12.4 Å². The molecule has 126 valence electrons. The third-order valence-electron chi connectivity index (χ3n) is 3.24. The van der Waals surface area contributed by atoms with Gasteiger partial charge in [-0.05, 0) is 42.0 Å². The second-order valence-corrected chi connectivity index (χ2v) is 5.31. The van der Waals surface area contributed by atoms with Crippen LogP contribution in [-0.2, 0) is 4.79 Å². The van der Waals surface area contributed by atoms with E-state index in [1.165, 1.54) is 43.5 Å². The zero-order chi connectivity index (χ0) is 18.4. The van der Waals surface area contributed by atoms with E-state index in [9.17, 15) is 14.9 Å². The number of aromatic carboxylic acids is 1. The molecule has 0 saturated heterocycles. The number of nitriles is 1. The maximum absolute atomic E-state index is 12.2. The van der Waals surface area contributed by atoms with E-state index in [4.69, 9.17) is 21.4 Å². The highest BCUT2D eigenvalue weighted by molar-refractivity contribution is 6.32. The molecule has 25 heavy (non-hydrogen) atoms. The molecule has 0 fully saturated rings. The van der Waals surface area contributed by atoms with E-state index in [1.807, 2.05) is 6.07 Å². The number of hydrogen-bond donors (Lipinski definition) is 2. The highest BCUT2D eigenvalue weighted by Crippen LogP contribution is 2.27. The van der Waals surface area contributed by atoms with E-state index in [0.717, 1.165) is 0 Å². The van der Waals surface area contributed by atoms with Gasteiger partial charge in [-0.25, -0.2) is 4.79 Å². The standard InChI is InChI=1S/C18H13ClN2O4/c1-25-16-7-6-14(9-15(16)19)21-17(22)13(10-20)8-11-2-4-12(5-3-11)18(23)24/h2-9H,1H3,(H,21,22)(H,23,24)/b13-8-. The molecule has 1 amide bonds. The summed E-state index contributed by atoms with van der Waals surface area (Å²) in [4.78, 5) is 23.0. The van der Waals surface area contributed by atoms with Crippen molar-refractivity contribution in [3.8, 4) is 11.8 Å². The Balaban J connectivity index is 2.19. The lowest BCUT2D eigenvalue weighted by Gasteiger charge is -2.07. The van der Waals surface area contributed by atoms with E-state index >= 15 is 0 Å². The van der Waals surface area contributed by atoms with Crippen LogP contribution in [-0.4, -0.2) is 24.1 Å². The van der Waals surface area contributed by atoms with Crippen molar-refractivity contribution in [1.82, 2.24) is 0 Å². The summed E-state index contributed by atoms with van der Waals surface area (Å²) < 4.78 is 5.03. The molecule has 0 aliphatic rings. The number of carboxylic acid groups (broad SMARTS) is 1. The lowest BCUT2D eigenvalue weighted by atomic mass is 10.1. The molecule has 6 nitrogen and oxygen atoms in total. The molecular weight excluding hydrogens is 344 g/mol. The fourth-order valence-corrected chi connectivity index (χ4v) is 2.24. The Morgan fingerprint density at radius 1 is 1.24 bits per heavy atom. The minimum absolute atomic E-state index is 0.119. The van der Waals surface area contributed by atoms with E-state index in [2.05, 4.69) is 5.32 Å². The smallest absolute Gasteiger partial charge is 0.335 e. The molecule has 2 rings (SSSR count). The Bertz CT molecular complexity index is 883. The maximum Gasteiger partial charge on any atom is 0.335 e. The predicted octanol–water partition coefficient (Wildman–Crippen LogP) is 3.59. The first-order valence-electron chi connectivity index (χ1n) is 7.04. The van der Waals surface area contributed by atoms with Gasteiger partial charge in [0.2, 0.25) is 0 Å².